The van der Waals surface area contributed by atoms with Crippen molar-refractivity contribution in [2.75, 3.05) is 6.61 Å². The molecule has 3 N–H and O–H groups in total. The van der Waals surface area contributed by atoms with Crippen LogP contribution in [-0.2, 0) is 6.42 Å². The summed E-state index contributed by atoms with van der Waals surface area (Å²) in [6.07, 6.45) is 1.97. The Morgan fingerprint density at radius 1 is 1.50 bits per heavy atom. The highest BCUT2D eigenvalue weighted by molar-refractivity contribution is 5.11. The van der Waals surface area contributed by atoms with Crippen LogP contribution in [0.5, 0.6) is 0 Å². The number of nitrogens with two attached hydrogens (primary N) is 1. The first-order valence-corrected chi connectivity index (χ1v) is 4.88. The van der Waals surface area contributed by atoms with Crippen molar-refractivity contribution in [3.8, 4) is 0 Å². The lowest BCUT2D eigenvalue weighted by atomic mass is 10.2. The molecular formula is C10H17N3O. The number of hydrogen-bond acceptors (Lipinski definition) is 4. The Hall–Kier alpha value is -1.00. The zero-order valence-corrected chi connectivity index (χ0v) is 8.70. The largest absolute Gasteiger partial charge is 0.394 e. The van der Waals surface area contributed by atoms with E-state index in [-0.39, 0.29) is 6.61 Å². The summed E-state index contributed by atoms with van der Waals surface area (Å²) < 4.78 is 0. The second-order valence-corrected chi connectivity index (χ2v) is 3.40. The van der Waals surface area contributed by atoms with Crippen molar-refractivity contribution in [1.82, 2.24) is 9.97 Å². The van der Waals surface area contributed by atoms with Crippen LogP contribution in [0.2, 0.25) is 0 Å². The lowest BCUT2D eigenvalue weighted by molar-refractivity contribution is 0.263. The molecule has 0 aliphatic rings. The lowest BCUT2D eigenvalue weighted by Crippen LogP contribution is -2.19. The molecule has 4 nitrogen and oxygen atoms in total. The van der Waals surface area contributed by atoms with Gasteiger partial charge in [0.1, 0.15) is 5.82 Å². The molecule has 0 saturated heterocycles. The van der Waals surface area contributed by atoms with E-state index in [2.05, 4.69) is 16.9 Å². The van der Waals surface area contributed by atoms with Gasteiger partial charge < -0.3 is 10.8 Å². The van der Waals surface area contributed by atoms with Crippen molar-refractivity contribution < 1.29 is 5.11 Å². The third kappa shape index (κ3) is 2.75. The Morgan fingerprint density at radius 3 is 2.79 bits per heavy atom. The molecule has 0 aliphatic carbocycles. The number of nitrogens with zero attached hydrogens (tertiary/aromatic N) is 2. The molecule has 14 heavy (non-hydrogen) atoms. The Morgan fingerprint density at radius 2 is 2.21 bits per heavy atom. The number of aryl methyl sites for hydroxylation is 2. The monoisotopic (exact) mass is 195 g/mol. The van der Waals surface area contributed by atoms with Crippen molar-refractivity contribution in [2.24, 2.45) is 5.73 Å². The molecule has 0 radical (unpaired) electrons. The minimum absolute atomic E-state index is 0.116. The number of aliphatic hydroxyl groups is 1. The summed E-state index contributed by atoms with van der Waals surface area (Å²) in [4.78, 5) is 8.49. The van der Waals surface area contributed by atoms with Gasteiger partial charge in [0.2, 0.25) is 0 Å². The van der Waals surface area contributed by atoms with Crippen LogP contribution in [0.1, 0.15) is 36.6 Å². The third-order valence-electron chi connectivity index (χ3n) is 1.96. The SMILES string of the molecule is CCCc1cc(C)nc(C(N)CO)n1. The summed E-state index contributed by atoms with van der Waals surface area (Å²) >= 11 is 0. The molecule has 0 amide bonds. The Kier molecular flexibility index (Phi) is 3.98. The van der Waals surface area contributed by atoms with Crippen molar-refractivity contribution in [3.63, 3.8) is 0 Å². The van der Waals surface area contributed by atoms with E-state index in [1.807, 2.05) is 13.0 Å². The van der Waals surface area contributed by atoms with Crippen LogP contribution in [0.3, 0.4) is 0 Å². The van der Waals surface area contributed by atoms with Crippen molar-refractivity contribution in [2.45, 2.75) is 32.7 Å². The van der Waals surface area contributed by atoms with Gasteiger partial charge in [-0.1, -0.05) is 13.3 Å². The number of aliphatic hydroxyl groups excluding tert-OH is 1. The first-order valence-electron chi connectivity index (χ1n) is 4.88. The van der Waals surface area contributed by atoms with Crippen LogP contribution >= 0.6 is 0 Å². The second kappa shape index (κ2) is 5.02. The first-order chi connectivity index (χ1) is 6.67. The lowest BCUT2D eigenvalue weighted by Gasteiger charge is -2.09. The minimum atomic E-state index is -0.467. The summed E-state index contributed by atoms with van der Waals surface area (Å²) in [6, 6.07) is 1.49. The maximum Gasteiger partial charge on any atom is 0.147 e. The van der Waals surface area contributed by atoms with Gasteiger partial charge in [-0.3, -0.25) is 0 Å². The van der Waals surface area contributed by atoms with Gasteiger partial charge in [0.15, 0.2) is 0 Å². The Balaban J connectivity index is 2.94. The van der Waals surface area contributed by atoms with Gasteiger partial charge in [0, 0.05) is 11.4 Å². The van der Waals surface area contributed by atoms with E-state index in [0.29, 0.717) is 5.82 Å². The molecule has 4 heteroatoms. The highest BCUT2D eigenvalue weighted by Crippen LogP contribution is 2.08. The van der Waals surface area contributed by atoms with Gasteiger partial charge in [-0.05, 0) is 19.4 Å². The number of hydrogen-bond donors (Lipinski definition) is 2. The number of rotatable bonds is 4. The van der Waals surface area contributed by atoms with E-state index < -0.39 is 6.04 Å². The molecule has 78 valence electrons. The highest BCUT2D eigenvalue weighted by atomic mass is 16.3. The van der Waals surface area contributed by atoms with Gasteiger partial charge in [-0.15, -0.1) is 0 Å². The van der Waals surface area contributed by atoms with Crippen molar-refractivity contribution in [3.05, 3.63) is 23.3 Å². The maximum absolute atomic E-state index is 8.89. The minimum Gasteiger partial charge on any atom is -0.394 e. The van der Waals surface area contributed by atoms with Crippen LogP contribution in [0, 0.1) is 6.92 Å². The molecule has 1 heterocycles. The zero-order valence-electron chi connectivity index (χ0n) is 8.70. The summed E-state index contributed by atoms with van der Waals surface area (Å²) in [7, 11) is 0. The molecule has 0 aromatic carbocycles. The van der Waals surface area contributed by atoms with Gasteiger partial charge in [-0.2, -0.15) is 0 Å². The zero-order chi connectivity index (χ0) is 10.6. The summed E-state index contributed by atoms with van der Waals surface area (Å²) in [5, 5.41) is 8.89. The van der Waals surface area contributed by atoms with E-state index in [4.69, 9.17) is 10.8 Å². The quantitative estimate of drug-likeness (QED) is 0.743. The first kappa shape index (κ1) is 11.1. The molecular weight excluding hydrogens is 178 g/mol. The van der Waals surface area contributed by atoms with E-state index in [1.165, 1.54) is 0 Å². The van der Waals surface area contributed by atoms with Crippen LogP contribution in [0.25, 0.3) is 0 Å². The summed E-state index contributed by atoms with van der Waals surface area (Å²) in [5.41, 5.74) is 7.56. The van der Waals surface area contributed by atoms with E-state index in [9.17, 15) is 0 Å². The van der Waals surface area contributed by atoms with Gasteiger partial charge in [0.05, 0.1) is 12.6 Å². The molecule has 0 saturated carbocycles. The van der Waals surface area contributed by atoms with Crippen molar-refractivity contribution in [1.29, 1.82) is 0 Å². The molecule has 0 aliphatic heterocycles. The Labute approximate surface area is 84.2 Å². The molecule has 0 bridgehead atoms. The molecule has 1 rings (SSSR count). The van der Waals surface area contributed by atoms with E-state index in [1.54, 1.807) is 0 Å². The molecule has 0 spiro atoms. The second-order valence-electron chi connectivity index (χ2n) is 3.40. The predicted molar refractivity (Wildman–Crippen MR) is 54.8 cm³/mol. The molecule has 0 fully saturated rings. The fraction of sp³-hybridized carbons (Fsp3) is 0.600. The average Bonchev–Trinajstić information content (AvgIpc) is 2.16. The molecule has 1 aromatic rings. The summed E-state index contributed by atoms with van der Waals surface area (Å²) in [6.45, 7) is 3.90. The third-order valence-corrected chi connectivity index (χ3v) is 1.96. The van der Waals surface area contributed by atoms with Crippen molar-refractivity contribution >= 4 is 0 Å². The molecule has 1 atom stereocenters. The fourth-order valence-corrected chi connectivity index (χ4v) is 1.29. The highest BCUT2D eigenvalue weighted by Gasteiger charge is 2.09. The maximum atomic E-state index is 8.89. The van der Waals surface area contributed by atoms with Crippen LogP contribution in [0.15, 0.2) is 6.07 Å². The Bertz CT molecular complexity index is 301. The number of aromatic nitrogens is 2. The molecule has 1 unspecified atom stereocenters. The van der Waals surface area contributed by atoms with Crippen LogP contribution in [0.4, 0.5) is 0 Å². The van der Waals surface area contributed by atoms with Crippen LogP contribution in [-0.4, -0.2) is 21.7 Å². The van der Waals surface area contributed by atoms with Crippen LogP contribution < -0.4 is 5.73 Å². The fourth-order valence-electron chi connectivity index (χ4n) is 1.29. The van der Waals surface area contributed by atoms with E-state index >= 15 is 0 Å². The molecule has 1 aromatic heterocycles. The van der Waals surface area contributed by atoms with Gasteiger partial charge >= 0.3 is 0 Å². The predicted octanol–water partition coefficient (Wildman–Crippen LogP) is 0.730. The normalized spacial score (nSPS) is 12.9. The smallest absolute Gasteiger partial charge is 0.147 e. The van der Waals surface area contributed by atoms with Gasteiger partial charge in [-0.25, -0.2) is 9.97 Å². The standard InChI is InChI=1S/C10H17N3O/c1-3-4-8-5-7(2)12-10(13-8)9(11)6-14/h5,9,14H,3-4,6,11H2,1-2H3. The topological polar surface area (TPSA) is 72.0 Å². The average molecular weight is 195 g/mol. The summed E-state index contributed by atoms with van der Waals surface area (Å²) in [5.74, 6) is 0.538. The van der Waals surface area contributed by atoms with E-state index in [0.717, 1.165) is 24.2 Å². The van der Waals surface area contributed by atoms with Gasteiger partial charge in [0.25, 0.3) is 0 Å².